The molecule has 3 rings (SSSR count). The van der Waals surface area contributed by atoms with E-state index in [2.05, 4.69) is 16.5 Å². The van der Waals surface area contributed by atoms with Crippen LogP contribution in [-0.2, 0) is 4.84 Å². The van der Waals surface area contributed by atoms with E-state index in [4.69, 9.17) is 9.57 Å². The second kappa shape index (κ2) is 9.01. The molecule has 2 aromatic rings. The lowest BCUT2D eigenvalue weighted by Crippen LogP contribution is -2.11. The number of nitrogens with zero attached hydrogens (tertiary/aromatic N) is 2. The van der Waals surface area contributed by atoms with Crippen molar-refractivity contribution in [1.29, 1.82) is 5.26 Å². The first-order valence-electron chi connectivity index (χ1n) is 8.45. The molecule has 0 heterocycles. The van der Waals surface area contributed by atoms with Crippen LogP contribution < -0.4 is 10.1 Å². The van der Waals surface area contributed by atoms with Crippen molar-refractivity contribution in [2.24, 2.45) is 5.16 Å². The molecule has 0 fully saturated rings. The molecule has 0 saturated heterocycles. The lowest BCUT2D eigenvalue weighted by molar-refractivity contribution is 0.167. The number of amides is 1. The minimum absolute atomic E-state index is 0.457. The van der Waals surface area contributed by atoms with Crippen LogP contribution in [0.15, 0.2) is 89.6 Å². The summed E-state index contributed by atoms with van der Waals surface area (Å²) in [4.78, 5) is 16.6. The van der Waals surface area contributed by atoms with Crippen molar-refractivity contribution < 1.29 is 14.4 Å². The quantitative estimate of drug-likeness (QED) is 0.479. The summed E-state index contributed by atoms with van der Waals surface area (Å²) >= 11 is 0. The molecule has 0 atom stereocenters. The van der Waals surface area contributed by atoms with E-state index in [1.807, 2.05) is 18.2 Å². The van der Waals surface area contributed by atoms with Crippen molar-refractivity contribution in [2.45, 2.75) is 0 Å². The van der Waals surface area contributed by atoms with E-state index in [1.165, 1.54) is 0 Å². The topological polar surface area (TPSA) is 83.7 Å². The maximum atomic E-state index is 11.8. The van der Waals surface area contributed by atoms with E-state index in [-0.39, 0.29) is 0 Å². The first kappa shape index (κ1) is 18.7. The molecule has 0 unspecified atom stereocenters. The Morgan fingerprint density at radius 2 is 1.68 bits per heavy atom. The molecule has 1 amide bonds. The van der Waals surface area contributed by atoms with Crippen LogP contribution in [0.5, 0.6) is 5.75 Å². The summed E-state index contributed by atoms with van der Waals surface area (Å²) < 4.78 is 5.14. The predicted octanol–water partition coefficient (Wildman–Crippen LogP) is 4.70. The van der Waals surface area contributed by atoms with Crippen molar-refractivity contribution in [3.05, 3.63) is 90.0 Å². The number of anilines is 1. The Morgan fingerprint density at radius 3 is 2.29 bits per heavy atom. The molecule has 6 nitrogen and oxygen atoms in total. The molecule has 28 heavy (non-hydrogen) atoms. The van der Waals surface area contributed by atoms with Gasteiger partial charge >= 0.3 is 6.09 Å². The Labute approximate surface area is 162 Å². The second-order valence-electron chi connectivity index (χ2n) is 5.72. The summed E-state index contributed by atoms with van der Waals surface area (Å²) in [6.45, 7) is 0. The molecule has 0 spiro atoms. The molecule has 138 valence electrons. The van der Waals surface area contributed by atoms with Crippen LogP contribution in [0.4, 0.5) is 10.5 Å². The summed E-state index contributed by atoms with van der Waals surface area (Å²) in [5, 5.41) is 15.9. The van der Waals surface area contributed by atoms with E-state index in [1.54, 1.807) is 67.8 Å². The van der Waals surface area contributed by atoms with Crippen LogP contribution in [0.1, 0.15) is 5.56 Å². The number of para-hydroxylation sites is 1. The molecular weight excluding hydrogens is 354 g/mol. The Hall–Kier alpha value is -4.11. The Morgan fingerprint density at radius 1 is 1.00 bits per heavy atom. The number of oxime groups is 1. The lowest BCUT2D eigenvalue weighted by Gasteiger charge is -2.08. The highest BCUT2D eigenvalue weighted by Crippen LogP contribution is 2.24. The van der Waals surface area contributed by atoms with Crippen LogP contribution in [0.3, 0.4) is 0 Å². The van der Waals surface area contributed by atoms with E-state index in [9.17, 15) is 10.1 Å². The van der Waals surface area contributed by atoms with Crippen molar-refractivity contribution >= 4 is 23.1 Å². The number of allylic oxidation sites excluding steroid dienone is 6. The van der Waals surface area contributed by atoms with Crippen LogP contribution in [-0.4, -0.2) is 18.9 Å². The van der Waals surface area contributed by atoms with E-state index in [0.717, 1.165) is 16.9 Å². The number of hydrogen-bond donors (Lipinski definition) is 1. The molecule has 0 radical (unpaired) electrons. The number of ether oxygens (including phenoxy) is 1. The zero-order valence-electron chi connectivity index (χ0n) is 15.1. The SMILES string of the molecule is COc1ccc(C(C#N)=C2C=CC(=NOC(=O)Nc3ccccc3)C=C2)cc1. The van der Waals surface area contributed by atoms with Crippen LogP contribution >= 0.6 is 0 Å². The van der Waals surface area contributed by atoms with Crippen molar-refractivity contribution in [3.63, 3.8) is 0 Å². The van der Waals surface area contributed by atoms with Gasteiger partial charge in [0.05, 0.1) is 12.7 Å². The van der Waals surface area contributed by atoms with E-state index in [0.29, 0.717) is 17.0 Å². The molecule has 0 aromatic heterocycles. The highest BCUT2D eigenvalue weighted by molar-refractivity contribution is 6.07. The van der Waals surface area contributed by atoms with Crippen molar-refractivity contribution in [3.8, 4) is 11.8 Å². The van der Waals surface area contributed by atoms with Gasteiger partial charge in [-0.25, -0.2) is 4.79 Å². The largest absolute Gasteiger partial charge is 0.497 e. The average molecular weight is 371 g/mol. The van der Waals surface area contributed by atoms with Crippen LogP contribution in [0.2, 0.25) is 0 Å². The predicted molar refractivity (Wildman–Crippen MR) is 108 cm³/mol. The smallest absolute Gasteiger partial charge is 0.437 e. The number of carbonyl (C=O) groups excluding carboxylic acids is 1. The summed E-state index contributed by atoms with van der Waals surface area (Å²) in [6.07, 6.45) is 6.16. The monoisotopic (exact) mass is 371 g/mol. The summed E-state index contributed by atoms with van der Waals surface area (Å²) in [6, 6.07) is 18.4. The van der Waals surface area contributed by atoms with Crippen LogP contribution in [0, 0.1) is 11.3 Å². The molecule has 6 heteroatoms. The van der Waals surface area contributed by atoms with Crippen LogP contribution in [0.25, 0.3) is 5.57 Å². The number of nitrogens with one attached hydrogen (secondary N) is 1. The number of carbonyl (C=O) groups is 1. The molecule has 2 aromatic carbocycles. The number of hydrogen-bond acceptors (Lipinski definition) is 5. The Balaban J connectivity index is 1.67. The Bertz CT molecular complexity index is 993. The van der Waals surface area contributed by atoms with E-state index < -0.39 is 6.09 Å². The first-order chi connectivity index (χ1) is 13.7. The van der Waals surface area contributed by atoms with Crippen molar-refractivity contribution in [2.75, 3.05) is 12.4 Å². The van der Waals surface area contributed by atoms with Gasteiger partial charge in [0.25, 0.3) is 0 Å². The van der Waals surface area contributed by atoms with Gasteiger partial charge in [-0.2, -0.15) is 5.26 Å². The van der Waals surface area contributed by atoms with Gasteiger partial charge in [-0.3, -0.25) is 10.2 Å². The molecule has 0 saturated carbocycles. The third-order valence-electron chi connectivity index (χ3n) is 3.90. The fourth-order valence-corrected chi connectivity index (χ4v) is 2.50. The molecule has 0 bridgehead atoms. The third-order valence-corrected chi connectivity index (χ3v) is 3.90. The summed E-state index contributed by atoms with van der Waals surface area (Å²) in [7, 11) is 1.59. The molecular formula is C22H17N3O3. The third kappa shape index (κ3) is 4.74. The number of methoxy groups -OCH3 is 1. The number of rotatable bonds is 4. The van der Waals surface area contributed by atoms with Crippen molar-refractivity contribution in [1.82, 2.24) is 0 Å². The maximum absolute atomic E-state index is 11.8. The highest BCUT2D eigenvalue weighted by Gasteiger charge is 2.09. The van der Waals surface area contributed by atoms with Gasteiger partial charge in [-0.05, 0) is 59.7 Å². The zero-order chi connectivity index (χ0) is 19.8. The zero-order valence-corrected chi connectivity index (χ0v) is 15.1. The molecule has 0 aliphatic heterocycles. The normalized spacial score (nSPS) is 12.1. The van der Waals surface area contributed by atoms with Gasteiger partial charge in [-0.15, -0.1) is 0 Å². The van der Waals surface area contributed by atoms with Gasteiger partial charge in [0.2, 0.25) is 0 Å². The lowest BCUT2D eigenvalue weighted by atomic mass is 9.97. The summed E-state index contributed by atoms with van der Waals surface area (Å²) in [5.41, 5.74) is 3.12. The standard InChI is InChI=1S/C22H17N3O3/c1-27-20-13-9-17(10-14-20)21(15-23)16-7-11-19(12-8-16)25-28-22(26)24-18-5-3-2-4-6-18/h2-14H,1H3,(H,24,26). The van der Waals surface area contributed by atoms with Gasteiger partial charge in [0, 0.05) is 5.69 Å². The fraction of sp³-hybridized carbons (Fsp3) is 0.0455. The average Bonchev–Trinajstić information content (AvgIpc) is 2.75. The molecule has 1 aliphatic rings. The Kier molecular flexibility index (Phi) is 6.01. The molecule has 1 N–H and O–H groups in total. The van der Waals surface area contributed by atoms with Gasteiger partial charge < -0.3 is 4.74 Å². The number of nitriles is 1. The van der Waals surface area contributed by atoms with E-state index >= 15 is 0 Å². The molecule has 1 aliphatic carbocycles. The highest BCUT2D eigenvalue weighted by atomic mass is 16.7. The second-order valence-corrected chi connectivity index (χ2v) is 5.72. The van der Waals surface area contributed by atoms with Gasteiger partial charge in [-0.1, -0.05) is 35.5 Å². The first-order valence-corrected chi connectivity index (χ1v) is 8.45. The number of benzene rings is 2. The summed E-state index contributed by atoms with van der Waals surface area (Å²) in [5.74, 6) is 0.723. The minimum Gasteiger partial charge on any atom is -0.497 e. The van der Waals surface area contributed by atoms with Gasteiger partial charge in [0.1, 0.15) is 17.5 Å². The van der Waals surface area contributed by atoms with Gasteiger partial charge in [0.15, 0.2) is 0 Å². The minimum atomic E-state index is -0.683. The maximum Gasteiger partial charge on any atom is 0.437 e. The fourth-order valence-electron chi connectivity index (χ4n) is 2.50.